The highest BCUT2D eigenvalue weighted by Crippen LogP contribution is 2.00. The van der Waals surface area contributed by atoms with Crippen molar-refractivity contribution in [3.05, 3.63) is 11.9 Å². The van der Waals surface area contributed by atoms with Crippen molar-refractivity contribution in [3.63, 3.8) is 0 Å². The average Bonchev–Trinajstić information content (AvgIpc) is 2.51. The highest BCUT2D eigenvalue weighted by Gasteiger charge is 2.13. The second kappa shape index (κ2) is 4.83. The first kappa shape index (κ1) is 10.8. The third kappa shape index (κ3) is 2.61. The summed E-state index contributed by atoms with van der Waals surface area (Å²) in [6.45, 7) is 1.87. The van der Waals surface area contributed by atoms with Crippen molar-refractivity contribution in [1.29, 1.82) is 0 Å². The van der Waals surface area contributed by atoms with Crippen LogP contribution >= 0.6 is 0 Å². The van der Waals surface area contributed by atoms with E-state index >= 15 is 0 Å². The lowest BCUT2D eigenvalue weighted by molar-refractivity contribution is 0.0831. The van der Waals surface area contributed by atoms with Crippen molar-refractivity contribution in [3.8, 4) is 0 Å². The first-order valence-corrected chi connectivity index (χ1v) is 4.24. The molecule has 0 saturated carbocycles. The molecule has 14 heavy (non-hydrogen) atoms. The Bertz CT molecular complexity index is 309. The van der Waals surface area contributed by atoms with Crippen LogP contribution in [0.15, 0.2) is 6.20 Å². The van der Waals surface area contributed by atoms with Crippen LogP contribution in [0.4, 0.5) is 0 Å². The van der Waals surface area contributed by atoms with Crippen LogP contribution in [-0.2, 0) is 11.3 Å². The highest BCUT2D eigenvalue weighted by molar-refractivity contribution is 5.95. The molecule has 1 atom stereocenters. The predicted octanol–water partition coefficient (Wildman–Crippen LogP) is -0.512. The molecule has 0 radical (unpaired) electrons. The summed E-state index contributed by atoms with van der Waals surface area (Å²) < 4.78 is 6.07. The number of carbonyl (C=O) groups excluding carboxylic acids is 1. The summed E-state index contributed by atoms with van der Waals surface area (Å²) in [4.78, 5) is 11.4. The van der Waals surface area contributed by atoms with E-state index < -0.39 is 6.10 Å². The maximum Gasteiger partial charge on any atom is 0.208 e. The van der Waals surface area contributed by atoms with Gasteiger partial charge in [0.1, 0.15) is 12.3 Å². The summed E-state index contributed by atoms with van der Waals surface area (Å²) in [7, 11) is 1.45. The van der Waals surface area contributed by atoms with E-state index in [2.05, 4.69) is 10.3 Å². The third-order valence-corrected chi connectivity index (χ3v) is 1.62. The number of rotatable bonds is 5. The Morgan fingerprint density at radius 2 is 2.50 bits per heavy atom. The molecule has 1 aromatic heterocycles. The molecule has 1 heterocycles. The molecule has 0 fully saturated rings. The molecule has 1 rings (SSSR count). The molecule has 6 heteroatoms. The molecule has 0 saturated heterocycles. The lowest BCUT2D eigenvalue weighted by Gasteiger charge is -2.06. The van der Waals surface area contributed by atoms with Gasteiger partial charge in [0.25, 0.3) is 0 Å². The molecule has 0 aliphatic carbocycles. The SMILES string of the molecule is COCC(=O)c1cnnn1CC(C)O. The van der Waals surface area contributed by atoms with Gasteiger partial charge < -0.3 is 9.84 Å². The second-order valence-corrected chi connectivity index (χ2v) is 3.01. The topological polar surface area (TPSA) is 77.2 Å². The van der Waals surface area contributed by atoms with Gasteiger partial charge in [0, 0.05) is 7.11 Å². The Kier molecular flexibility index (Phi) is 3.73. The average molecular weight is 199 g/mol. The van der Waals surface area contributed by atoms with Crippen LogP contribution in [0.25, 0.3) is 0 Å². The van der Waals surface area contributed by atoms with E-state index in [-0.39, 0.29) is 18.9 Å². The summed E-state index contributed by atoms with van der Waals surface area (Å²) in [6.07, 6.45) is 0.801. The van der Waals surface area contributed by atoms with E-state index in [0.29, 0.717) is 5.69 Å². The molecule has 1 aromatic rings. The fourth-order valence-electron chi connectivity index (χ4n) is 1.06. The van der Waals surface area contributed by atoms with E-state index in [1.165, 1.54) is 18.0 Å². The van der Waals surface area contributed by atoms with Crippen LogP contribution in [0.1, 0.15) is 17.4 Å². The van der Waals surface area contributed by atoms with Crippen molar-refractivity contribution >= 4 is 5.78 Å². The largest absolute Gasteiger partial charge is 0.391 e. The minimum atomic E-state index is -0.564. The Hall–Kier alpha value is -1.27. The first-order valence-electron chi connectivity index (χ1n) is 4.24. The molecular weight excluding hydrogens is 186 g/mol. The van der Waals surface area contributed by atoms with Gasteiger partial charge in [0.2, 0.25) is 5.78 Å². The zero-order valence-electron chi connectivity index (χ0n) is 8.17. The third-order valence-electron chi connectivity index (χ3n) is 1.62. The van der Waals surface area contributed by atoms with Crippen LogP contribution < -0.4 is 0 Å². The molecule has 1 N–H and O–H groups in total. The Balaban J connectivity index is 2.76. The summed E-state index contributed by atoms with van der Waals surface area (Å²) in [5.74, 6) is -0.196. The molecule has 78 valence electrons. The van der Waals surface area contributed by atoms with Gasteiger partial charge in [-0.15, -0.1) is 5.10 Å². The van der Waals surface area contributed by atoms with Gasteiger partial charge in [-0.2, -0.15) is 0 Å². The minimum Gasteiger partial charge on any atom is -0.391 e. The van der Waals surface area contributed by atoms with Gasteiger partial charge in [-0.3, -0.25) is 4.79 Å². The fraction of sp³-hybridized carbons (Fsp3) is 0.625. The van der Waals surface area contributed by atoms with Crippen molar-refractivity contribution in [1.82, 2.24) is 15.0 Å². The molecular formula is C8H13N3O3. The number of ether oxygens (including phenoxy) is 1. The second-order valence-electron chi connectivity index (χ2n) is 3.01. The van der Waals surface area contributed by atoms with Crippen LogP contribution in [-0.4, -0.2) is 45.7 Å². The van der Waals surface area contributed by atoms with Crippen molar-refractivity contribution in [2.24, 2.45) is 0 Å². The lowest BCUT2D eigenvalue weighted by atomic mass is 10.3. The van der Waals surface area contributed by atoms with Gasteiger partial charge in [0.15, 0.2) is 0 Å². The maximum absolute atomic E-state index is 11.4. The number of aromatic nitrogens is 3. The van der Waals surface area contributed by atoms with Gasteiger partial charge >= 0.3 is 0 Å². The highest BCUT2D eigenvalue weighted by atomic mass is 16.5. The molecule has 0 amide bonds. The number of methoxy groups -OCH3 is 1. The molecule has 0 bridgehead atoms. The molecule has 0 aliphatic heterocycles. The number of aliphatic hydroxyl groups is 1. The molecule has 6 nitrogen and oxygen atoms in total. The Labute approximate surface area is 81.5 Å². The van der Waals surface area contributed by atoms with Gasteiger partial charge in [0.05, 0.1) is 18.8 Å². The summed E-state index contributed by atoms with van der Waals surface area (Å²) >= 11 is 0. The van der Waals surface area contributed by atoms with Gasteiger partial charge in [-0.05, 0) is 6.92 Å². The Morgan fingerprint density at radius 3 is 3.07 bits per heavy atom. The Morgan fingerprint density at radius 1 is 1.79 bits per heavy atom. The van der Waals surface area contributed by atoms with E-state index in [1.54, 1.807) is 6.92 Å². The standard InChI is InChI=1S/C8H13N3O3/c1-6(12)4-11-7(3-9-10-11)8(13)5-14-2/h3,6,12H,4-5H2,1-2H3. The number of carbonyl (C=O) groups is 1. The molecule has 1 unspecified atom stereocenters. The predicted molar refractivity (Wildman–Crippen MR) is 47.9 cm³/mol. The minimum absolute atomic E-state index is 0.00676. The van der Waals surface area contributed by atoms with E-state index in [9.17, 15) is 4.79 Å². The van der Waals surface area contributed by atoms with Crippen molar-refractivity contribution in [2.75, 3.05) is 13.7 Å². The number of Topliss-reactive ketones (excluding diaryl/α,β-unsaturated/α-hetero) is 1. The lowest BCUT2D eigenvalue weighted by Crippen LogP contribution is -2.19. The smallest absolute Gasteiger partial charge is 0.208 e. The van der Waals surface area contributed by atoms with Crippen LogP contribution in [0.3, 0.4) is 0 Å². The number of hydrogen-bond acceptors (Lipinski definition) is 5. The quantitative estimate of drug-likeness (QED) is 0.646. The molecule has 0 aliphatic rings. The van der Waals surface area contributed by atoms with E-state index in [1.807, 2.05) is 0 Å². The number of ketones is 1. The van der Waals surface area contributed by atoms with E-state index in [4.69, 9.17) is 9.84 Å². The van der Waals surface area contributed by atoms with Crippen LogP contribution in [0.5, 0.6) is 0 Å². The number of nitrogens with zero attached hydrogens (tertiary/aromatic N) is 3. The van der Waals surface area contributed by atoms with Gasteiger partial charge in [-0.1, -0.05) is 5.21 Å². The molecule has 0 spiro atoms. The normalized spacial score (nSPS) is 12.8. The van der Waals surface area contributed by atoms with Crippen LogP contribution in [0, 0.1) is 0 Å². The molecule has 0 aromatic carbocycles. The summed E-state index contributed by atoms with van der Waals surface area (Å²) in [6, 6.07) is 0. The first-order chi connectivity index (χ1) is 6.65. The fourth-order valence-corrected chi connectivity index (χ4v) is 1.06. The van der Waals surface area contributed by atoms with Crippen molar-refractivity contribution < 1.29 is 14.6 Å². The zero-order valence-corrected chi connectivity index (χ0v) is 8.17. The maximum atomic E-state index is 11.4. The summed E-state index contributed by atoms with van der Waals surface area (Å²) in [5, 5.41) is 16.4. The monoisotopic (exact) mass is 199 g/mol. The number of hydrogen-bond donors (Lipinski definition) is 1. The zero-order chi connectivity index (χ0) is 10.6. The number of aliphatic hydroxyl groups excluding tert-OH is 1. The summed E-state index contributed by atoms with van der Waals surface area (Å²) in [5.41, 5.74) is 0.354. The van der Waals surface area contributed by atoms with E-state index in [0.717, 1.165) is 0 Å². The van der Waals surface area contributed by atoms with Crippen molar-refractivity contribution in [2.45, 2.75) is 19.6 Å². The van der Waals surface area contributed by atoms with Gasteiger partial charge in [-0.25, -0.2) is 4.68 Å². The van der Waals surface area contributed by atoms with Crippen LogP contribution in [0.2, 0.25) is 0 Å².